The van der Waals surface area contributed by atoms with Gasteiger partial charge >= 0.3 is 6.03 Å². The summed E-state index contributed by atoms with van der Waals surface area (Å²) in [5, 5.41) is 21.0. The molecule has 0 bridgehead atoms. The lowest BCUT2D eigenvalue weighted by atomic mass is 9.85. The number of likely N-dealkylation sites (tertiary alicyclic amines) is 1. The molecule has 4 fully saturated rings. The maximum atomic E-state index is 15.3. The fourth-order valence-electron chi connectivity index (χ4n) is 6.27. The van der Waals surface area contributed by atoms with Crippen molar-refractivity contribution in [2.75, 3.05) is 49.1 Å². The Morgan fingerprint density at radius 2 is 1.84 bits per heavy atom. The molecular weight excluding hydrogens is 495 g/mol. The monoisotopic (exact) mass is 528 g/mol. The number of H-pyrrole nitrogens is 1. The lowest BCUT2D eigenvalue weighted by Gasteiger charge is -2.42. The molecular formula is C26H33FN6O5. The topological polar surface area (TPSA) is 131 Å². The molecule has 1 aromatic carbocycles. The number of rotatable bonds is 4. The predicted molar refractivity (Wildman–Crippen MR) is 136 cm³/mol. The molecule has 1 aromatic heterocycles. The third kappa shape index (κ3) is 4.60. The van der Waals surface area contributed by atoms with Crippen LogP contribution in [0, 0.1) is 5.82 Å². The van der Waals surface area contributed by atoms with Crippen LogP contribution in [0.5, 0.6) is 0 Å². The van der Waals surface area contributed by atoms with E-state index in [0.29, 0.717) is 55.6 Å². The first-order valence-electron chi connectivity index (χ1n) is 13.4. The number of nitrogens with one attached hydrogen (secondary N) is 2. The van der Waals surface area contributed by atoms with Crippen LogP contribution in [0.4, 0.5) is 20.7 Å². The summed E-state index contributed by atoms with van der Waals surface area (Å²) in [4.78, 5) is 41.7. The standard InChI is InChI=1S/C26H33FN6O5/c27-18-14-17-19(29-30-23(17)33-8-2-21(34)28-24(33)36)15-20(18)31-9-4-25(37,5-10-31)16-22(35)32-11-6-26(7-12-32)3-1-13-38-26/h14-15,37H,1-13,16H2,(H,29,30)(H,28,34,36). The molecule has 4 amide bonds. The number of ether oxygens (including phenoxy) is 1. The second kappa shape index (κ2) is 9.49. The van der Waals surface area contributed by atoms with Gasteiger partial charge in [0, 0.05) is 51.1 Å². The second-order valence-corrected chi connectivity index (χ2v) is 11.1. The number of benzene rings is 1. The summed E-state index contributed by atoms with van der Waals surface area (Å²) < 4.78 is 21.2. The molecule has 4 aliphatic rings. The number of anilines is 2. The normalized spacial score (nSPS) is 23.4. The van der Waals surface area contributed by atoms with Crippen molar-refractivity contribution < 1.29 is 28.6 Å². The van der Waals surface area contributed by atoms with Gasteiger partial charge in [-0.25, -0.2) is 9.18 Å². The van der Waals surface area contributed by atoms with E-state index in [0.717, 1.165) is 32.3 Å². The number of halogens is 1. The Bertz CT molecular complexity index is 1260. The first-order valence-corrected chi connectivity index (χ1v) is 13.4. The van der Waals surface area contributed by atoms with Crippen molar-refractivity contribution in [2.24, 2.45) is 0 Å². The van der Waals surface area contributed by atoms with Crippen molar-refractivity contribution in [2.45, 2.75) is 62.6 Å². The molecule has 0 unspecified atom stereocenters. The van der Waals surface area contributed by atoms with Crippen LogP contribution in [0.3, 0.4) is 0 Å². The predicted octanol–water partition coefficient (Wildman–Crippen LogP) is 2.04. The zero-order chi connectivity index (χ0) is 26.5. The molecule has 4 aliphatic heterocycles. The van der Waals surface area contributed by atoms with Crippen LogP contribution >= 0.6 is 0 Å². The number of hydrogen-bond acceptors (Lipinski definition) is 7. The fraction of sp³-hybridized carbons (Fsp3) is 0.615. The number of hydrogen-bond donors (Lipinski definition) is 3. The van der Waals surface area contributed by atoms with E-state index in [1.54, 1.807) is 6.07 Å². The molecule has 0 radical (unpaired) electrons. The lowest BCUT2D eigenvalue weighted by Crippen LogP contribution is -2.51. The summed E-state index contributed by atoms with van der Waals surface area (Å²) in [5.74, 6) is -0.583. The maximum Gasteiger partial charge on any atom is 0.329 e. The molecule has 12 heteroatoms. The molecule has 11 nitrogen and oxygen atoms in total. The van der Waals surface area contributed by atoms with Crippen LogP contribution in [0.2, 0.25) is 0 Å². The number of piperidine rings is 2. The number of imide groups is 1. The smallest absolute Gasteiger partial charge is 0.329 e. The van der Waals surface area contributed by atoms with Crippen molar-refractivity contribution >= 4 is 40.3 Å². The van der Waals surface area contributed by atoms with Gasteiger partial charge < -0.3 is 19.6 Å². The van der Waals surface area contributed by atoms with Crippen molar-refractivity contribution in [3.8, 4) is 0 Å². The highest BCUT2D eigenvalue weighted by atomic mass is 19.1. The molecule has 5 heterocycles. The van der Waals surface area contributed by atoms with E-state index in [9.17, 15) is 19.5 Å². The molecule has 2 aromatic rings. The molecule has 0 saturated carbocycles. The Morgan fingerprint density at radius 1 is 1.08 bits per heavy atom. The minimum absolute atomic E-state index is 0.0326. The summed E-state index contributed by atoms with van der Waals surface area (Å²) >= 11 is 0. The highest BCUT2D eigenvalue weighted by Gasteiger charge is 2.41. The lowest BCUT2D eigenvalue weighted by molar-refractivity contribution is -0.142. The van der Waals surface area contributed by atoms with Gasteiger partial charge in [-0.1, -0.05) is 0 Å². The molecule has 0 aliphatic carbocycles. The first kappa shape index (κ1) is 25.1. The molecule has 204 valence electrons. The minimum atomic E-state index is -1.12. The van der Waals surface area contributed by atoms with E-state index in [1.165, 1.54) is 11.0 Å². The number of aliphatic hydroxyl groups is 1. The molecule has 6 rings (SSSR count). The van der Waals surface area contributed by atoms with E-state index in [4.69, 9.17) is 4.74 Å². The third-order valence-electron chi connectivity index (χ3n) is 8.65. The average molecular weight is 529 g/mol. The highest BCUT2D eigenvalue weighted by molar-refractivity contribution is 6.09. The quantitative estimate of drug-likeness (QED) is 0.554. The fourth-order valence-corrected chi connectivity index (χ4v) is 6.27. The summed E-state index contributed by atoms with van der Waals surface area (Å²) in [6.45, 7) is 3.10. The largest absolute Gasteiger partial charge is 0.389 e. The number of aromatic nitrogens is 2. The van der Waals surface area contributed by atoms with E-state index >= 15 is 4.39 Å². The Hall–Kier alpha value is -3.25. The second-order valence-electron chi connectivity index (χ2n) is 11.1. The van der Waals surface area contributed by atoms with Crippen molar-refractivity contribution in [3.05, 3.63) is 17.9 Å². The molecule has 38 heavy (non-hydrogen) atoms. The van der Waals surface area contributed by atoms with Gasteiger partial charge in [0.05, 0.1) is 28.8 Å². The Balaban J connectivity index is 1.09. The zero-order valence-corrected chi connectivity index (χ0v) is 21.3. The van der Waals surface area contributed by atoms with Crippen LogP contribution in [0.15, 0.2) is 12.1 Å². The summed E-state index contributed by atoms with van der Waals surface area (Å²) in [5.41, 5.74) is -0.241. The van der Waals surface area contributed by atoms with Crippen molar-refractivity contribution in [3.63, 3.8) is 0 Å². The van der Waals surface area contributed by atoms with E-state index < -0.39 is 17.4 Å². The zero-order valence-electron chi connectivity index (χ0n) is 21.3. The van der Waals surface area contributed by atoms with Gasteiger partial charge in [0.1, 0.15) is 5.82 Å². The van der Waals surface area contributed by atoms with Gasteiger partial charge in [-0.05, 0) is 50.7 Å². The van der Waals surface area contributed by atoms with E-state index in [-0.39, 0.29) is 42.6 Å². The van der Waals surface area contributed by atoms with Gasteiger partial charge in [0.15, 0.2) is 5.82 Å². The van der Waals surface area contributed by atoms with E-state index in [2.05, 4.69) is 15.5 Å². The Kier molecular flexibility index (Phi) is 6.26. The van der Waals surface area contributed by atoms with Crippen LogP contribution in [0.25, 0.3) is 10.9 Å². The molecule has 3 N–H and O–H groups in total. The van der Waals surface area contributed by atoms with Gasteiger partial charge in [-0.2, -0.15) is 5.10 Å². The van der Waals surface area contributed by atoms with Crippen molar-refractivity contribution in [1.29, 1.82) is 0 Å². The average Bonchev–Trinajstić information content (AvgIpc) is 3.51. The SMILES string of the molecule is O=C1CCN(c2n[nH]c3cc(N4CCC(O)(CC(=O)N5CCC6(CCCO6)CC5)CC4)c(F)cc23)C(=O)N1. The van der Waals surface area contributed by atoms with Crippen LogP contribution < -0.4 is 15.1 Å². The maximum absolute atomic E-state index is 15.3. The van der Waals surface area contributed by atoms with Gasteiger partial charge in [-0.3, -0.25) is 24.9 Å². The van der Waals surface area contributed by atoms with Crippen molar-refractivity contribution in [1.82, 2.24) is 20.4 Å². The number of carbonyl (C=O) groups is 3. The number of carbonyl (C=O) groups excluding carboxylic acids is 3. The van der Waals surface area contributed by atoms with Gasteiger partial charge in [0.25, 0.3) is 0 Å². The highest BCUT2D eigenvalue weighted by Crippen LogP contribution is 2.37. The molecule has 1 spiro atoms. The number of aromatic amines is 1. The van der Waals surface area contributed by atoms with Gasteiger partial charge in [0.2, 0.25) is 11.8 Å². The van der Waals surface area contributed by atoms with Crippen LogP contribution in [-0.2, 0) is 14.3 Å². The third-order valence-corrected chi connectivity index (χ3v) is 8.65. The number of fused-ring (bicyclic) bond motifs is 1. The summed E-state index contributed by atoms with van der Waals surface area (Å²) in [7, 11) is 0. The van der Waals surface area contributed by atoms with Crippen LogP contribution in [0.1, 0.15) is 51.4 Å². The minimum Gasteiger partial charge on any atom is -0.389 e. The Morgan fingerprint density at radius 3 is 2.53 bits per heavy atom. The number of nitrogens with zero attached hydrogens (tertiary/aromatic N) is 4. The molecule has 0 atom stereocenters. The Labute approximate surface area is 219 Å². The summed E-state index contributed by atoms with van der Waals surface area (Å²) in [6, 6.07) is 2.41. The summed E-state index contributed by atoms with van der Waals surface area (Å²) in [6.07, 6.45) is 4.77. The van der Waals surface area contributed by atoms with E-state index in [1.807, 2.05) is 9.80 Å². The molecule has 4 saturated heterocycles. The van der Waals surface area contributed by atoms with Gasteiger partial charge in [-0.15, -0.1) is 0 Å². The number of urea groups is 1. The van der Waals surface area contributed by atoms with Crippen LogP contribution in [-0.4, -0.2) is 88.6 Å². The number of amides is 4. The first-order chi connectivity index (χ1) is 18.2.